The summed E-state index contributed by atoms with van der Waals surface area (Å²) in [6.45, 7) is 5.46. The van der Waals surface area contributed by atoms with Crippen LogP contribution in [0, 0.1) is 0 Å². The Hall–Kier alpha value is -1.04. The van der Waals surface area contributed by atoms with Crippen LogP contribution in [0.4, 0.5) is 0 Å². The van der Waals surface area contributed by atoms with Crippen LogP contribution in [0.2, 0.25) is 0 Å². The van der Waals surface area contributed by atoms with E-state index in [0.29, 0.717) is 18.9 Å². The van der Waals surface area contributed by atoms with Crippen molar-refractivity contribution in [1.82, 2.24) is 10.6 Å². The number of nitrogens with one attached hydrogen (secondary N) is 2. The first kappa shape index (κ1) is 18.0. The van der Waals surface area contributed by atoms with E-state index in [1.54, 1.807) is 18.9 Å². The second-order valence-corrected chi connectivity index (χ2v) is 5.85. The van der Waals surface area contributed by atoms with Crippen LogP contribution in [-0.4, -0.2) is 38.5 Å². The topological polar surface area (TPSA) is 50.4 Å². The minimum atomic E-state index is 0.0739. The van der Waals surface area contributed by atoms with Crippen molar-refractivity contribution in [3.63, 3.8) is 0 Å². The molecule has 1 amide bonds. The van der Waals surface area contributed by atoms with E-state index in [2.05, 4.69) is 41.8 Å². The second-order valence-electron chi connectivity index (χ2n) is 4.81. The lowest BCUT2D eigenvalue weighted by Gasteiger charge is -2.06. The Balaban J connectivity index is 2.21. The Morgan fingerprint density at radius 3 is 2.67 bits per heavy atom. The molecule has 118 valence electrons. The van der Waals surface area contributed by atoms with Gasteiger partial charge in [0, 0.05) is 31.7 Å². The Morgan fingerprint density at radius 2 is 2.00 bits per heavy atom. The number of carbonyl (C=O) groups is 1. The predicted molar refractivity (Wildman–Crippen MR) is 88.7 cm³/mol. The van der Waals surface area contributed by atoms with Crippen LogP contribution >= 0.6 is 11.8 Å². The van der Waals surface area contributed by atoms with Crippen LogP contribution in [0.25, 0.3) is 0 Å². The molecule has 0 atom stereocenters. The first-order valence-electron chi connectivity index (χ1n) is 7.44. The molecule has 0 aliphatic heterocycles. The molecule has 0 aliphatic carbocycles. The van der Waals surface area contributed by atoms with Crippen molar-refractivity contribution in [3.05, 3.63) is 29.8 Å². The van der Waals surface area contributed by atoms with Gasteiger partial charge in [-0.1, -0.05) is 19.1 Å². The fraction of sp³-hybridized carbons (Fsp3) is 0.562. The van der Waals surface area contributed by atoms with Crippen LogP contribution in [0.3, 0.4) is 0 Å². The molecule has 21 heavy (non-hydrogen) atoms. The quantitative estimate of drug-likeness (QED) is 0.487. The smallest absolute Gasteiger partial charge is 0.230 e. The largest absolute Gasteiger partial charge is 0.385 e. The summed E-state index contributed by atoms with van der Waals surface area (Å²) >= 11 is 1.57. The van der Waals surface area contributed by atoms with Gasteiger partial charge in [0.15, 0.2) is 0 Å². The van der Waals surface area contributed by atoms with Crippen molar-refractivity contribution in [2.45, 2.75) is 31.2 Å². The normalized spacial score (nSPS) is 10.6. The van der Waals surface area contributed by atoms with Crippen LogP contribution < -0.4 is 10.6 Å². The highest BCUT2D eigenvalue weighted by atomic mass is 32.2. The molecule has 4 nitrogen and oxygen atoms in total. The van der Waals surface area contributed by atoms with E-state index in [-0.39, 0.29) is 5.91 Å². The maximum Gasteiger partial charge on any atom is 0.230 e. The van der Waals surface area contributed by atoms with E-state index in [1.165, 1.54) is 5.56 Å². The molecule has 0 aromatic heterocycles. The van der Waals surface area contributed by atoms with Gasteiger partial charge in [-0.05, 0) is 37.1 Å². The average molecular weight is 310 g/mol. The van der Waals surface area contributed by atoms with Crippen LogP contribution in [0.5, 0.6) is 0 Å². The van der Waals surface area contributed by atoms with Gasteiger partial charge in [-0.15, -0.1) is 11.8 Å². The van der Waals surface area contributed by atoms with Gasteiger partial charge < -0.3 is 15.4 Å². The Bertz CT molecular complexity index is 396. The van der Waals surface area contributed by atoms with E-state index in [1.807, 2.05) is 0 Å². The van der Waals surface area contributed by atoms with E-state index in [9.17, 15) is 4.79 Å². The van der Waals surface area contributed by atoms with Gasteiger partial charge in [-0.2, -0.15) is 0 Å². The fourth-order valence-corrected chi connectivity index (χ4v) is 2.49. The standard InChI is InChI=1S/C16H26N2O2S/c1-3-9-17-12-14-5-7-15(8-6-14)21-13-16(19)18-10-4-11-20-2/h5-8,17H,3-4,9-13H2,1-2H3,(H,18,19). The summed E-state index contributed by atoms with van der Waals surface area (Å²) in [5.74, 6) is 0.533. The SMILES string of the molecule is CCCNCc1ccc(SCC(=O)NCCCOC)cc1. The van der Waals surface area contributed by atoms with Crippen molar-refractivity contribution in [2.75, 3.05) is 32.6 Å². The number of methoxy groups -OCH3 is 1. The summed E-state index contributed by atoms with van der Waals surface area (Å²) in [6, 6.07) is 8.38. The average Bonchev–Trinajstić information content (AvgIpc) is 2.51. The molecule has 5 heteroatoms. The number of benzene rings is 1. The predicted octanol–water partition coefficient (Wildman–Crippen LogP) is 2.43. The molecule has 0 radical (unpaired) electrons. The summed E-state index contributed by atoms with van der Waals surface area (Å²) in [4.78, 5) is 12.8. The fourth-order valence-electron chi connectivity index (χ4n) is 1.76. The monoisotopic (exact) mass is 310 g/mol. The molecule has 0 unspecified atom stereocenters. The van der Waals surface area contributed by atoms with E-state index in [0.717, 1.165) is 30.8 Å². The van der Waals surface area contributed by atoms with Gasteiger partial charge in [0.2, 0.25) is 5.91 Å². The van der Waals surface area contributed by atoms with E-state index < -0.39 is 0 Å². The summed E-state index contributed by atoms with van der Waals surface area (Å²) in [7, 11) is 1.67. The molecule has 0 fully saturated rings. The van der Waals surface area contributed by atoms with Gasteiger partial charge in [0.25, 0.3) is 0 Å². The number of rotatable bonds is 11. The molecule has 0 saturated carbocycles. The van der Waals surface area contributed by atoms with Crippen molar-refractivity contribution in [2.24, 2.45) is 0 Å². The summed E-state index contributed by atoms with van der Waals surface area (Å²) < 4.78 is 4.94. The molecule has 0 bridgehead atoms. The van der Waals surface area contributed by atoms with Gasteiger partial charge in [-0.3, -0.25) is 4.79 Å². The molecule has 2 N–H and O–H groups in total. The molecule has 0 saturated heterocycles. The summed E-state index contributed by atoms with van der Waals surface area (Å²) in [6.07, 6.45) is 2.00. The van der Waals surface area contributed by atoms with Crippen molar-refractivity contribution >= 4 is 17.7 Å². The third kappa shape index (κ3) is 8.75. The van der Waals surface area contributed by atoms with E-state index >= 15 is 0 Å². The first-order chi connectivity index (χ1) is 10.3. The highest BCUT2D eigenvalue weighted by Crippen LogP contribution is 2.18. The zero-order valence-corrected chi connectivity index (χ0v) is 13.8. The number of hydrogen-bond acceptors (Lipinski definition) is 4. The Kier molecular flexibility index (Phi) is 9.95. The van der Waals surface area contributed by atoms with Crippen LogP contribution in [0.15, 0.2) is 29.2 Å². The van der Waals surface area contributed by atoms with Crippen molar-refractivity contribution in [3.8, 4) is 0 Å². The molecular weight excluding hydrogens is 284 g/mol. The minimum absolute atomic E-state index is 0.0739. The lowest BCUT2D eigenvalue weighted by atomic mass is 10.2. The molecule has 0 heterocycles. The van der Waals surface area contributed by atoms with Gasteiger partial charge >= 0.3 is 0 Å². The van der Waals surface area contributed by atoms with Crippen molar-refractivity contribution in [1.29, 1.82) is 0 Å². The highest BCUT2D eigenvalue weighted by Gasteiger charge is 2.02. The maximum absolute atomic E-state index is 11.6. The summed E-state index contributed by atoms with van der Waals surface area (Å²) in [5.41, 5.74) is 1.27. The molecule has 1 aromatic rings. The maximum atomic E-state index is 11.6. The van der Waals surface area contributed by atoms with Gasteiger partial charge in [-0.25, -0.2) is 0 Å². The zero-order chi connectivity index (χ0) is 15.3. The van der Waals surface area contributed by atoms with Gasteiger partial charge in [0.05, 0.1) is 5.75 Å². The molecular formula is C16H26N2O2S. The number of amides is 1. The lowest BCUT2D eigenvalue weighted by molar-refractivity contribution is -0.118. The molecule has 0 spiro atoms. The van der Waals surface area contributed by atoms with Crippen LogP contribution in [0.1, 0.15) is 25.3 Å². The Morgan fingerprint density at radius 1 is 1.24 bits per heavy atom. The minimum Gasteiger partial charge on any atom is -0.385 e. The number of hydrogen-bond donors (Lipinski definition) is 2. The molecule has 1 aromatic carbocycles. The zero-order valence-electron chi connectivity index (χ0n) is 13.0. The number of ether oxygens (including phenoxy) is 1. The highest BCUT2D eigenvalue weighted by molar-refractivity contribution is 8.00. The molecule has 1 rings (SSSR count). The van der Waals surface area contributed by atoms with Crippen LogP contribution in [-0.2, 0) is 16.1 Å². The number of carbonyl (C=O) groups excluding carboxylic acids is 1. The summed E-state index contributed by atoms with van der Waals surface area (Å²) in [5, 5.41) is 6.26. The Labute approximate surface area is 132 Å². The van der Waals surface area contributed by atoms with E-state index in [4.69, 9.17) is 4.74 Å². The van der Waals surface area contributed by atoms with Crippen molar-refractivity contribution < 1.29 is 9.53 Å². The lowest BCUT2D eigenvalue weighted by Crippen LogP contribution is -2.26. The molecule has 0 aliphatic rings. The first-order valence-corrected chi connectivity index (χ1v) is 8.43. The van der Waals surface area contributed by atoms with Gasteiger partial charge in [0.1, 0.15) is 0 Å². The second kappa shape index (κ2) is 11.6. The number of thioether (sulfide) groups is 1. The third-order valence-electron chi connectivity index (χ3n) is 2.90. The third-order valence-corrected chi connectivity index (χ3v) is 3.91.